The van der Waals surface area contributed by atoms with Crippen LogP contribution in [0.15, 0.2) is 54.2 Å². The molecule has 0 bridgehead atoms. The number of hydrogen-bond acceptors (Lipinski definition) is 8. The van der Waals surface area contributed by atoms with Crippen molar-refractivity contribution in [3.63, 3.8) is 0 Å². The lowest BCUT2D eigenvalue weighted by Crippen LogP contribution is -2.16. The fourth-order valence-electron chi connectivity index (χ4n) is 2.31. The zero-order valence-corrected chi connectivity index (χ0v) is 15.5. The van der Waals surface area contributed by atoms with E-state index in [9.17, 15) is 19.7 Å². The Morgan fingerprint density at radius 1 is 1.07 bits per heavy atom. The summed E-state index contributed by atoms with van der Waals surface area (Å²) in [5.41, 5.74) is 1.99. The van der Waals surface area contributed by atoms with Gasteiger partial charge < -0.3 is 20.1 Å². The maximum absolute atomic E-state index is 12.0. The van der Waals surface area contributed by atoms with Crippen LogP contribution in [0.4, 0.5) is 22.7 Å². The number of carbonyl (C=O) groups excluding carboxylic acids is 2. The van der Waals surface area contributed by atoms with Crippen LogP contribution < -0.4 is 10.6 Å². The smallest absolute Gasteiger partial charge is 0.354 e. The van der Waals surface area contributed by atoms with Gasteiger partial charge in [-0.15, -0.1) is 0 Å². The Kier molecular flexibility index (Phi) is 6.69. The number of nitrogens with zero attached hydrogens (tertiary/aromatic N) is 1. The van der Waals surface area contributed by atoms with Gasteiger partial charge in [-0.05, 0) is 30.7 Å². The number of nitrogens with one attached hydrogen (secondary N) is 2. The van der Waals surface area contributed by atoms with Crippen molar-refractivity contribution in [3.8, 4) is 0 Å². The van der Waals surface area contributed by atoms with Gasteiger partial charge in [0.1, 0.15) is 5.70 Å². The molecule has 0 aromatic heterocycles. The number of methoxy groups -OCH3 is 2. The summed E-state index contributed by atoms with van der Waals surface area (Å²) in [6, 6.07) is 11.6. The van der Waals surface area contributed by atoms with Gasteiger partial charge in [-0.1, -0.05) is 12.1 Å². The molecule has 9 heteroatoms. The van der Waals surface area contributed by atoms with Crippen LogP contribution in [0.1, 0.15) is 5.56 Å². The molecule has 0 saturated heterocycles. The van der Waals surface area contributed by atoms with Crippen molar-refractivity contribution in [1.82, 2.24) is 0 Å². The number of carbonyl (C=O) groups is 2. The first-order chi connectivity index (χ1) is 13.3. The highest BCUT2D eigenvalue weighted by Crippen LogP contribution is 2.31. The van der Waals surface area contributed by atoms with Gasteiger partial charge in [-0.25, -0.2) is 9.59 Å². The highest BCUT2D eigenvalue weighted by molar-refractivity contribution is 5.99. The van der Waals surface area contributed by atoms with Crippen LogP contribution in [0.25, 0.3) is 0 Å². The maximum atomic E-state index is 12.0. The molecule has 0 unspecified atom stereocenters. The van der Waals surface area contributed by atoms with Crippen molar-refractivity contribution in [2.24, 2.45) is 0 Å². The van der Waals surface area contributed by atoms with E-state index in [0.29, 0.717) is 5.69 Å². The topological polar surface area (TPSA) is 120 Å². The minimum Gasteiger partial charge on any atom is -0.466 e. The van der Waals surface area contributed by atoms with E-state index in [0.717, 1.165) is 31.5 Å². The number of ether oxygens (including phenoxy) is 2. The van der Waals surface area contributed by atoms with Crippen LogP contribution in [0.2, 0.25) is 0 Å². The third-order valence-electron chi connectivity index (χ3n) is 3.65. The van der Waals surface area contributed by atoms with E-state index >= 15 is 0 Å². The second-order valence-electron chi connectivity index (χ2n) is 5.68. The van der Waals surface area contributed by atoms with Crippen molar-refractivity contribution < 1.29 is 24.0 Å². The summed E-state index contributed by atoms with van der Waals surface area (Å²) in [5, 5.41) is 17.0. The molecule has 0 aliphatic carbocycles. The maximum Gasteiger partial charge on any atom is 0.354 e. The normalized spacial score (nSPS) is 10.8. The van der Waals surface area contributed by atoms with Crippen LogP contribution in [0, 0.1) is 17.0 Å². The molecule has 0 spiro atoms. The second kappa shape index (κ2) is 9.17. The molecule has 0 heterocycles. The zero-order valence-electron chi connectivity index (χ0n) is 15.5. The molecule has 0 fully saturated rings. The summed E-state index contributed by atoms with van der Waals surface area (Å²) in [6.07, 6.45) is 0.904. The van der Waals surface area contributed by atoms with E-state index in [1.54, 1.807) is 0 Å². The number of aryl methyl sites for hydroxylation is 1. The molecule has 2 aromatic rings. The summed E-state index contributed by atoms with van der Waals surface area (Å²) in [4.78, 5) is 34.1. The average Bonchev–Trinajstić information content (AvgIpc) is 2.67. The van der Waals surface area contributed by atoms with E-state index in [-0.39, 0.29) is 17.1 Å². The minimum absolute atomic E-state index is 0.195. The first-order valence-corrected chi connectivity index (χ1v) is 8.11. The van der Waals surface area contributed by atoms with Gasteiger partial charge in [0, 0.05) is 17.8 Å². The van der Waals surface area contributed by atoms with Crippen molar-refractivity contribution in [2.75, 3.05) is 24.9 Å². The Morgan fingerprint density at radius 2 is 1.82 bits per heavy atom. The number of non-ortho nitro benzene ring substituents is 1. The lowest BCUT2D eigenvalue weighted by molar-refractivity contribution is -0.384. The van der Waals surface area contributed by atoms with Gasteiger partial charge in [0.15, 0.2) is 0 Å². The predicted molar refractivity (Wildman–Crippen MR) is 103 cm³/mol. The van der Waals surface area contributed by atoms with Gasteiger partial charge in [-0.3, -0.25) is 10.1 Å². The Hall–Kier alpha value is -3.88. The number of esters is 2. The van der Waals surface area contributed by atoms with Gasteiger partial charge in [0.05, 0.1) is 36.6 Å². The predicted octanol–water partition coefficient (Wildman–Crippen LogP) is 3.29. The Morgan fingerprint density at radius 3 is 2.43 bits per heavy atom. The summed E-state index contributed by atoms with van der Waals surface area (Å²) in [5.74, 6) is -1.62. The Labute approximate surface area is 161 Å². The molecule has 0 amide bonds. The third-order valence-corrected chi connectivity index (χ3v) is 3.65. The monoisotopic (exact) mass is 385 g/mol. The molecule has 146 valence electrons. The summed E-state index contributed by atoms with van der Waals surface area (Å²) in [7, 11) is 2.31. The first-order valence-electron chi connectivity index (χ1n) is 8.11. The van der Waals surface area contributed by atoms with Gasteiger partial charge in [0.25, 0.3) is 5.69 Å². The Balaban J connectivity index is 2.47. The van der Waals surface area contributed by atoms with Crippen molar-refractivity contribution in [1.29, 1.82) is 0 Å². The zero-order chi connectivity index (χ0) is 20.7. The van der Waals surface area contributed by atoms with Crippen molar-refractivity contribution in [2.45, 2.75) is 6.92 Å². The van der Waals surface area contributed by atoms with E-state index in [2.05, 4.69) is 20.1 Å². The molecular weight excluding hydrogens is 366 g/mol. The van der Waals surface area contributed by atoms with E-state index in [1.165, 1.54) is 18.2 Å². The van der Waals surface area contributed by atoms with Crippen molar-refractivity contribution >= 4 is 34.7 Å². The van der Waals surface area contributed by atoms with Crippen LogP contribution in [-0.2, 0) is 19.1 Å². The number of rotatable bonds is 7. The SMILES string of the molecule is COC(=O)/C=C(/Nc1cc([N+](=O)[O-])ccc1Nc1cccc(C)c1)C(=O)OC. The summed E-state index contributed by atoms with van der Waals surface area (Å²) >= 11 is 0. The van der Waals surface area contributed by atoms with Crippen LogP contribution >= 0.6 is 0 Å². The lowest BCUT2D eigenvalue weighted by Gasteiger charge is -2.15. The van der Waals surface area contributed by atoms with Crippen LogP contribution in [-0.4, -0.2) is 31.1 Å². The third kappa shape index (κ3) is 5.31. The summed E-state index contributed by atoms with van der Waals surface area (Å²) < 4.78 is 9.18. The van der Waals surface area contributed by atoms with Gasteiger partial charge in [0.2, 0.25) is 0 Å². The molecule has 0 saturated carbocycles. The summed E-state index contributed by atoms with van der Waals surface area (Å²) in [6.45, 7) is 1.93. The Bertz CT molecular complexity index is 939. The molecule has 9 nitrogen and oxygen atoms in total. The largest absolute Gasteiger partial charge is 0.466 e. The number of hydrogen-bond donors (Lipinski definition) is 2. The number of nitro groups is 1. The van der Waals surface area contributed by atoms with Gasteiger partial charge in [-0.2, -0.15) is 0 Å². The molecule has 0 aliphatic heterocycles. The average molecular weight is 385 g/mol. The van der Waals surface area contributed by atoms with E-state index in [1.807, 2.05) is 31.2 Å². The number of anilines is 3. The molecular formula is C19H19N3O6. The van der Waals surface area contributed by atoms with E-state index in [4.69, 9.17) is 0 Å². The molecule has 0 radical (unpaired) electrons. The fraction of sp³-hybridized carbons (Fsp3) is 0.158. The molecule has 2 rings (SSSR count). The molecule has 2 aromatic carbocycles. The lowest BCUT2D eigenvalue weighted by atomic mass is 10.2. The molecule has 0 aliphatic rings. The van der Waals surface area contributed by atoms with Crippen molar-refractivity contribution in [3.05, 3.63) is 69.9 Å². The molecule has 2 N–H and O–H groups in total. The second-order valence-corrected chi connectivity index (χ2v) is 5.68. The number of benzene rings is 2. The highest BCUT2D eigenvalue weighted by Gasteiger charge is 2.17. The highest BCUT2D eigenvalue weighted by atomic mass is 16.6. The van der Waals surface area contributed by atoms with Crippen LogP contribution in [0.3, 0.4) is 0 Å². The standard InChI is InChI=1S/C19H19N3O6/c1-12-5-4-6-13(9-12)20-15-8-7-14(22(25)26)10-16(15)21-17(19(24)28-3)11-18(23)27-2/h4-11,20-21H,1-3H3/b17-11+. The van der Waals surface area contributed by atoms with Gasteiger partial charge >= 0.3 is 11.9 Å². The quantitative estimate of drug-likeness (QED) is 0.322. The minimum atomic E-state index is -0.835. The van der Waals surface area contributed by atoms with E-state index < -0.39 is 16.9 Å². The van der Waals surface area contributed by atoms with Crippen LogP contribution in [0.5, 0.6) is 0 Å². The number of nitro benzene ring substituents is 1. The first kappa shape index (κ1) is 20.4. The molecule has 0 atom stereocenters. The molecule has 28 heavy (non-hydrogen) atoms. The fourth-order valence-corrected chi connectivity index (χ4v) is 2.31.